The summed E-state index contributed by atoms with van der Waals surface area (Å²) in [5.74, 6) is 0.889. The minimum atomic E-state index is 0.670. The van der Waals surface area contributed by atoms with Gasteiger partial charge in [0.05, 0.1) is 11.3 Å². The van der Waals surface area contributed by atoms with Crippen LogP contribution in [0.1, 0.15) is 18.1 Å². The number of fused-ring (bicyclic) bond motifs is 2. The van der Waals surface area contributed by atoms with Crippen LogP contribution in [-0.2, 0) is 13.0 Å². The third-order valence-corrected chi connectivity index (χ3v) is 5.15. The Kier molecular flexibility index (Phi) is 3.47. The number of aromatic nitrogens is 1. The number of benzene rings is 2. The molecular weight excluding hydrogens is 292 g/mol. The van der Waals surface area contributed by atoms with E-state index >= 15 is 0 Å². The number of anilines is 1. The first-order valence-corrected chi connectivity index (χ1v) is 8.51. The Morgan fingerprint density at radius 1 is 1.14 bits per heavy atom. The van der Waals surface area contributed by atoms with Crippen LogP contribution >= 0.6 is 11.3 Å². The third kappa shape index (κ3) is 2.33. The summed E-state index contributed by atoms with van der Waals surface area (Å²) in [6, 6.07) is 14.9. The summed E-state index contributed by atoms with van der Waals surface area (Å²) in [6.07, 6.45) is 1.09. The fourth-order valence-electron chi connectivity index (χ4n) is 2.98. The van der Waals surface area contributed by atoms with Gasteiger partial charge in [-0.2, -0.15) is 0 Å². The molecular formula is C18H18N2OS. The fraction of sp³-hybridized carbons (Fsp3) is 0.278. The lowest BCUT2D eigenvalue weighted by molar-refractivity contribution is 0.344. The molecule has 0 bridgehead atoms. The second-order valence-corrected chi connectivity index (χ2v) is 6.48. The Balaban J connectivity index is 1.69. The van der Waals surface area contributed by atoms with Gasteiger partial charge in [0.2, 0.25) is 0 Å². The van der Waals surface area contributed by atoms with Crippen molar-refractivity contribution >= 4 is 26.7 Å². The van der Waals surface area contributed by atoms with E-state index in [1.807, 2.05) is 19.1 Å². The monoisotopic (exact) mass is 310 g/mol. The van der Waals surface area contributed by atoms with E-state index in [4.69, 9.17) is 9.72 Å². The first-order valence-electron chi connectivity index (χ1n) is 7.69. The van der Waals surface area contributed by atoms with Crippen molar-refractivity contribution in [2.45, 2.75) is 19.9 Å². The predicted molar refractivity (Wildman–Crippen MR) is 92.0 cm³/mol. The van der Waals surface area contributed by atoms with Crippen LogP contribution in [0.4, 0.5) is 5.13 Å². The molecule has 112 valence electrons. The summed E-state index contributed by atoms with van der Waals surface area (Å²) in [7, 11) is 0. The highest BCUT2D eigenvalue weighted by atomic mass is 32.1. The zero-order valence-corrected chi connectivity index (χ0v) is 13.4. The number of hydrogen-bond acceptors (Lipinski definition) is 4. The number of nitrogens with zero attached hydrogens (tertiary/aromatic N) is 2. The van der Waals surface area contributed by atoms with Gasteiger partial charge in [-0.25, -0.2) is 4.98 Å². The zero-order valence-electron chi connectivity index (χ0n) is 12.6. The zero-order chi connectivity index (χ0) is 14.9. The molecule has 0 radical (unpaired) electrons. The topological polar surface area (TPSA) is 25.4 Å². The smallest absolute Gasteiger partial charge is 0.186 e. The molecule has 0 spiro atoms. The maximum Gasteiger partial charge on any atom is 0.186 e. The Labute approximate surface area is 134 Å². The predicted octanol–water partition coefficient (Wildman–Crippen LogP) is 4.26. The lowest BCUT2D eigenvalue weighted by Gasteiger charge is -2.28. The molecule has 3 nitrogen and oxygen atoms in total. The van der Waals surface area contributed by atoms with Crippen molar-refractivity contribution in [3.8, 4) is 5.75 Å². The third-order valence-electron chi connectivity index (χ3n) is 4.07. The van der Waals surface area contributed by atoms with Crippen LogP contribution in [-0.4, -0.2) is 18.1 Å². The van der Waals surface area contributed by atoms with Gasteiger partial charge in [0.25, 0.3) is 0 Å². The minimum absolute atomic E-state index is 0.670. The highest BCUT2D eigenvalue weighted by Gasteiger charge is 2.19. The van der Waals surface area contributed by atoms with Gasteiger partial charge >= 0.3 is 0 Å². The molecule has 0 saturated heterocycles. The average molecular weight is 310 g/mol. The average Bonchev–Trinajstić information content (AvgIpc) is 3.00. The second-order valence-electron chi connectivity index (χ2n) is 5.47. The van der Waals surface area contributed by atoms with Gasteiger partial charge in [-0.3, -0.25) is 0 Å². The highest BCUT2D eigenvalue weighted by molar-refractivity contribution is 7.22. The van der Waals surface area contributed by atoms with Gasteiger partial charge in [-0.15, -0.1) is 0 Å². The molecule has 0 amide bonds. The Morgan fingerprint density at radius 2 is 2.00 bits per heavy atom. The maximum atomic E-state index is 5.70. The Hall–Kier alpha value is -2.07. The lowest BCUT2D eigenvalue weighted by Crippen LogP contribution is -2.30. The highest BCUT2D eigenvalue weighted by Crippen LogP contribution is 2.35. The van der Waals surface area contributed by atoms with Crippen LogP contribution in [0.25, 0.3) is 10.2 Å². The van der Waals surface area contributed by atoms with Crippen molar-refractivity contribution < 1.29 is 4.74 Å². The maximum absolute atomic E-state index is 5.70. The Morgan fingerprint density at radius 3 is 2.86 bits per heavy atom. The van der Waals surface area contributed by atoms with E-state index in [0.29, 0.717) is 6.61 Å². The van der Waals surface area contributed by atoms with E-state index in [1.165, 1.54) is 15.8 Å². The van der Waals surface area contributed by atoms with E-state index in [9.17, 15) is 0 Å². The van der Waals surface area contributed by atoms with E-state index in [0.717, 1.165) is 35.9 Å². The Bertz CT molecular complexity index is 812. The standard InChI is InChI=1S/C18H18N2OS/c1-2-21-15-8-5-9-16-17(15)19-18(22-16)20-11-10-13-6-3-4-7-14(13)12-20/h3-9H,2,10-12H2,1H3. The van der Waals surface area contributed by atoms with Crippen LogP contribution in [0.5, 0.6) is 5.75 Å². The second kappa shape index (κ2) is 5.61. The van der Waals surface area contributed by atoms with E-state index in [-0.39, 0.29) is 0 Å². The van der Waals surface area contributed by atoms with Crippen LogP contribution in [0, 0.1) is 0 Å². The number of rotatable bonds is 3. The van der Waals surface area contributed by atoms with Crippen molar-refractivity contribution in [2.75, 3.05) is 18.1 Å². The van der Waals surface area contributed by atoms with Crippen molar-refractivity contribution in [1.29, 1.82) is 0 Å². The molecule has 0 atom stereocenters. The molecule has 4 heteroatoms. The first kappa shape index (κ1) is 13.6. The molecule has 4 rings (SSSR count). The number of thiazole rings is 1. The molecule has 0 fully saturated rings. The number of para-hydroxylation sites is 1. The van der Waals surface area contributed by atoms with Gasteiger partial charge in [0, 0.05) is 13.1 Å². The molecule has 3 aromatic rings. The molecule has 0 unspecified atom stereocenters. The van der Waals surface area contributed by atoms with Crippen LogP contribution in [0.3, 0.4) is 0 Å². The summed E-state index contributed by atoms with van der Waals surface area (Å²) in [5, 5.41) is 1.09. The van der Waals surface area contributed by atoms with Gasteiger partial charge in [0.1, 0.15) is 11.3 Å². The minimum Gasteiger partial charge on any atom is -0.492 e. The molecule has 1 aliphatic heterocycles. The van der Waals surface area contributed by atoms with E-state index in [1.54, 1.807) is 11.3 Å². The molecule has 0 N–H and O–H groups in total. The normalized spacial score (nSPS) is 14.1. The summed E-state index contributed by atoms with van der Waals surface area (Å²) < 4.78 is 6.90. The lowest BCUT2D eigenvalue weighted by atomic mass is 10.0. The van der Waals surface area contributed by atoms with E-state index < -0.39 is 0 Å². The van der Waals surface area contributed by atoms with Crippen LogP contribution < -0.4 is 9.64 Å². The summed E-state index contributed by atoms with van der Waals surface area (Å²) in [4.78, 5) is 7.23. The summed E-state index contributed by atoms with van der Waals surface area (Å²) in [5.41, 5.74) is 3.87. The quantitative estimate of drug-likeness (QED) is 0.723. The van der Waals surface area contributed by atoms with Crippen molar-refractivity contribution in [1.82, 2.24) is 4.98 Å². The molecule has 22 heavy (non-hydrogen) atoms. The summed E-state index contributed by atoms with van der Waals surface area (Å²) in [6.45, 7) is 4.65. The molecule has 1 aliphatic rings. The van der Waals surface area contributed by atoms with Crippen molar-refractivity contribution in [3.63, 3.8) is 0 Å². The van der Waals surface area contributed by atoms with Crippen LogP contribution in [0.15, 0.2) is 42.5 Å². The van der Waals surface area contributed by atoms with Gasteiger partial charge in [-0.1, -0.05) is 41.7 Å². The van der Waals surface area contributed by atoms with Crippen molar-refractivity contribution in [3.05, 3.63) is 53.6 Å². The van der Waals surface area contributed by atoms with Gasteiger partial charge in [0.15, 0.2) is 5.13 Å². The fourth-order valence-corrected chi connectivity index (χ4v) is 3.99. The molecule has 0 aliphatic carbocycles. The molecule has 2 aromatic carbocycles. The number of ether oxygens (including phenoxy) is 1. The largest absolute Gasteiger partial charge is 0.492 e. The molecule has 0 saturated carbocycles. The van der Waals surface area contributed by atoms with Crippen LogP contribution in [0.2, 0.25) is 0 Å². The summed E-state index contributed by atoms with van der Waals surface area (Å²) >= 11 is 1.75. The van der Waals surface area contributed by atoms with Gasteiger partial charge in [-0.05, 0) is 36.6 Å². The van der Waals surface area contributed by atoms with Crippen molar-refractivity contribution in [2.24, 2.45) is 0 Å². The molecule has 2 heterocycles. The SMILES string of the molecule is CCOc1cccc2sc(N3CCc4ccccc4C3)nc12. The van der Waals surface area contributed by atoms with Gasteiger partial charge < -0.3 is 9.64 Å². The van der Waals surface area contributed by atoms with E-state index in [2.05, 4.69) is 35.2 Å². The first-order chi connectivity index (χ1) is 10.8. The molecule has 1 aromatic heterocycles. The number of hydrogen-bond donors (Lipinski definition) is 0.